The minimum Gasteiger partial charge on any atom is -0.375 e. The van der Waals surface area contributed by atoms with E-state index in [1.54, 1.807) is 0 Å². The summed E-state index contributed by atoms with van der Waals surface area (Å²) in [6.45, 7) is 5.75. The number of fused-ring (bicyclic) bond motifs is 3. The SMILES string of the molecule is C[C@@H]1CC[C@H]2O[C@H]3C/C=C\C[C@H]4OCCC[C@@H]4O[C@@H]3C[C@@H](OCc3ccccc3)[C@]2(C)O1. The standard InChI is InChI=1S/C27H38O5/c1-19-14-15-25-27(2,32-19)26(29-18-20-9-4-3-5-10-20)17-24-23(31-25)12-7-6-11-21-22(30-24)13-8-16-28-21/h3-7,9-10,19,21-26H,8,11-18H2,1-2H3/b7-6-/t19-,21-,22+,23+,24-,25-,26-,27-/m1/s1. The molecule has 5 nitrogen and oxygen atoms in total. The largest absolute Gasteiger partial charge is 0.375 e. The molecule has 0 radical (unpaired) electrons. The number of rotatable bonds is 3. The monoisotopic (exact) mass is 442 g/mol. The zero-order valence-electron chi connectivity index (χ0n) is 19.5. The van der Waals surface area contributed by atoms with E-state index in [1.807, 2.05) is 6.07 Å². The average molecular weight is 443 g/mol. The first-order valence-electron chi connectivity index (χ1n) is 12.5. The van der Waals surface area contributed by atoms with Crippen molar-refractivity contribution >= 4 is 0 Å². The van der Waals surface area contributed by atoms with Crippen LogP contribution in [0.25, 0.3) is 0 Å². The van der Waals surface area contributed by atoms with Crippen LogP contribution in [0.4, 0.5) is 0 Å². The van der Waals surface area contributed by atoms with Crippen LogP contribution in [0.5, 0.6) is 0 Å². The fraction of sp³-hybridized carbons (Fsp3) is 0.704. The van der Waals surface area contributed by atoms with E-state index in [2.05, 4.69) is 50.3 Å². The Morgan fingerprint density at radius 1 is 0.938 bits per heavy atom. The maximum atomic E-state index is 6.80. The Bertz CT molecular complexity index is 767. The predicted molar refractivity (Wildman–Crippen MR) is 122 cm³/mol. The van der Waals surface area contributed by atoms with Crippen molar-refractivity contribution in [3.8, 4) is 0 Å². The molecule has 1 aromatic rings. The van der Waals surface area contributed by atoms with Crippen LogP contribution in [0.3, 0.4) is 0 Å². The van der Waals surface area contributed by atoms with Gasteiger partial charge in [0.05, 0.1) is 49.3 Å². The van der Waals surface area contributed by atoms with Crippen LogP contribution in [0.2, 0.25) is 0 Å². The molecule has 4 heterocycles. The molecule has 176 valence electrons. The highest BCUT2D eigenvalue weighted by atomic mass is 16.6. The number of hydrogen-bond acceptors (Lipinski definition) is 5. The molecule has 8 atom stereocenters. The molecule has 0 amide bonds. The molecular formula is C27H38O5. The van der Waals surface area contributed by atoms with Gasteiger partial charge >= 0.3 is 0 Å². The Hall–Kier alpha value is -1.24. The summed E-state index contributed by atoms with van der Waals surface area (Å²) in [5, 5.41) is 0. The van der Waals surface area contributed by atoms with Gasteiger partial charge in [0, 0.05) is 13.0 Å². The fourth-order valence-electron chi connectivity index (χ4n) is 5.85. The third-order valence-electron chi connectivity index (χ3n) is 7.70. The van der Waals surface area contributed by atoms with Gasteiger partial charge in [0.1, 0.15) is 5.60 Å². The maximum Gasteiger partial charge on any atom is 0.118 e. The summed E-state index contributed by atoms with van der Waals surface area (Å²) >= 11 is 0. The van der Waals surface area contributed by atoms with Gasteiger partial charge in [-0.25, -0.2) is 0 Å². The highest BCUT2D eigenvalue weighted by molar-refractivity contribution is 5.14. The van der Waals surface area contributed by atoms with Gasteiger partial charge < -0.3 is 23.7 Å². The Morgan fingerprint density at radius 3 is 2.59 bits per heavy atom. The second kappa shape index (κ2) is 9.94. The summed E-state index contributed by atoms with van der Waals surface area (Å²) in [5.74, 6) is 0. The summed E-state index contributed by atoms with van der Waals surface area (Å²) < 4.78 is 32.9. The van der Waals surface area contributed by atoms with Crippen LogP contribution in [0, 0.1) is 0 Å². The van der Waals surface area contributed by atoms with E-state index in [1.165, 1.54) is 5.56 Å². The van der Waals surface area contributed by atoms with Crippen LogP contribution in [0.1, 0.15) is 64.4 Å². The lowest BCUT2D eigenvalue weighted by Gasteiger charge is -2.46. The quantitative estimate of drug-likeness (QED) is 0.619. The molecule has 0 spiro atoms. The topological polar surface area (TPSA) is 46.2 Å². The number of hydrogen-bond donors (Lipinski definition) is 0. The van der Waals surface area contributed by atoms with Gasteiger partial charge in [0.2, 0.25) is 0 Å². The summed E-state index contributed by atoms with van der Waals surface area (Å²) in [6.07, 6.45) is 11.5. The van der Waals surface area contributed by atoms with Crippen molar-refractivity contribution in [1.82, 2.24) is 0 Å². The molecule has 0 bridgehead atoms. The van der Waals surface area contributed by atoms with Crippen molar-refractivity contribution in [2.75, 3.05) is 6.61 Å². The smallest absolute Gasteiger partial charge is 0.118 e. The van der Waals surface area contributed by atoms with E-state index in [9.17, 15) is 0 Å². The van der Waals surface area contributed by atoms with E-state index in [4.69, 9.17) is 23.7 Å². The predicted octanol–water partition coefficient (Wildman–Crippen LogP) is 4.97. The molecule has 0 unspecified atom stereocenters. The van der Waals surface area contributed by atoms with E-state index in [0.717, 1.165) is 51.6 Å². The van der Waals surface area contributed by atoms with Crippen molar-refractivity contribution in [2.45, 2.75) is 114 Å². The number of ether oxygens (including phenoxy) is 5. The van der Waals surface area contributed by atoms with Crippen molar-refractivity contribution < 1.29 is 23.7 Å². The zero-order valence-corrected chi connectivity index (χ0v) is 19.5. The van der Waals surface area contributed by atoms with Gasteiger partial charge in [-0.1, -0.05) is 42.5 Å². The lowest BCUT2D eigenvalue weighted by molar-refractivity contribution is -0.241. The molecule has 3 fully saturated rings. The molecule has 0 saturated carbocycles. The molecule has 0 aliphatic carbocycles. The van der Waals surface area contributed by atoms with Gasteiger partial charge in [-0.3, -0.25) is 0 Å². The van der Waals surface area contributed by atoms with Crippen molar-refractivity contribution in [2.24, 2.45) is 0 Å². The van der Waals surface area contributed by atoms with Crippen LogP contribution in [-0.4, -0.2) is 54.9 Å². The minimum absolute atomic E-state index is 0.00521. The average Bonchev–Trinajstić information content (AvgIpc) is 2.85. The molecular weight excluding hydrogens is 404 g/mol. The maximum absolute atomic E-state index is 6.80. The highest BCUT2D eigenvalue weighted by Crippen LogP contribution is 2.42. The first kappa shape index (κ1) is 22.5. The van der Waals surface area contributed by atoms with E-state index >= 15 is 0 Å². The van der Waals surface area contributed by atoms with Crippen molar-refractivity contribution in [1.29, 1.82) is 0 Å². The molecule has 5 heteroatoms. The Kier molecular flexibility index (Phi) is 7.00. The van der Waals surface area contributed by atoms with Crippen molar-refractivity contribution in [3.05, 3.63) is 48.0 Å². The summed E-state index contributed by atoms with van der Waals surface area (Å²) in [5.41, 5.74) is 0.691. The van der Waals surface area contributed by atoms with Crippen LogP contribution in [0.15, 0.2) is 42.5 Å². The van der Waals surface area contributed by atoms with E-state index in [0.29, 0.717) is 6.61 Å². The molecule has 4 aliphatic heterocycles. The first-order chi connectivity index (χ1) is 15.6. The Morgan fingerprint density at radius 2 is 1.75 bits per heavy atom. The fourth-order valence-corrected chi connectivity index (χ4v) is 5.85. The lowest BCUT2D eigenvalue weighted by Crippen LogP contribution is -2.57. The van der Waals surface area contributed by atoms with Gasteiger partial charge in [-0.05, 0) is 57.9 Å². The third-order valence-corrected chi connectivity index (χ3v) is 7.70. The minimum atomic E-state index is -0.487. The summed E-state index contributed by atoms with van der Waals surface area (Å²) in [6, 6.07) is 10.4. The first-order valence-corrected chi connectivity index (χ1v) is 12.5. The van der Waals surface area contributed by atoms with Crippen LogP contribution >= 0.6 is 0 Å². The van der Waals surface area contributed by atoms with Crippen molar-refractivity contribution in [3.63, 3.8) is 0 Å². The van der Waals surface area contributed by atoms with Crippen LogP contribution in [-0.2, 0) is 30.3 Å². The van der Waals surface area contributed by atoms with Crippen LogP contribution < -0.4 is 0 Å². The highest BCUT2D eigenvalue weighted by Gasteiger charge is 2.53. The Labute approximate surface area is 192 Å². The molecule has 3 saturated heterocycles. The normalized spacial score (nSPS) is 43.4. The summed E-state index contributed by atoms with van der Waals surface area (Å²) in [7, 11) is 0. The van der Waals surface area contributed by atoms with Gasteiger partial charge in [0.25, 0.3) is 0 Å². The molecule has 0 N–H and O–H groups in total. The molecule has 0 aromatic heterocycles. The van der Waals surface area contributed by atoms with Gasteiger partial charge in [-0.15, -0.1) is 0 Å². The summed E-state index contributed by atoms with van der Waals surface area (Å²) in [4.78, 5) is 0. The zero-order chi connectivity index (χ0) is 22.0. The number of benzene rings is 1. The molecule has 1 aromatic carbocycles. The second-order valence-corrected chi connectivity index (χ2v) is 10.1. The third kappa shape index (κ3) is 4.83. The molecule has 32 heavy (non-hydrogen) atoms. The van der Waals surface area contributed by atoms with Gasteiger partial charge in [-0.2, -0.15) is 0 Å². The lowest BCUT2D eigenvalue weighted by atomic mass is 9.83. The van der Waals surface area contributed by atoms with E-state index < -0.39 is 5.60 Å². The van der Waals surface area contributed by atoms with Gasteiger partial charge in [0.15, 0.2) is 0 Å². The Balaban J connectivity index is 1.41. The molecule has 5 rings (SSSR count). The van der Waals surface area contributed by atoms with E-state index in [-0.39, 0.29) is 42.7 Å². The molecule has 4 aliphatic rings. The second-order valence-electron chi connectivity index (χ2n) is 10.1.